The molecule has 1 aromatic carbocycles. The van der Waals surface area contributed by atoms with Gasteiger partial charge < -0.3 is 4.84 Å². The minimum absolute atomic E-state index is 0.121. The fraction of sp³-hybridized carbons (Fsp3) is 0.412. The summed E-state index contributed by atoms with van der Waals surface area (Å²) in [6.07, 6.45) is 1.79. The summed E-state index contributed by atoms with van der Waals surface area (Å²) >= 11 is 1.23. The minimum atomic E-state index is -3.95. The first-order valence-corrected chi connectivity index (χ1v) is 10.7. The van der Waals surface area contributed by atoms with E-state index in [1.807, 2.05) is 35.4 Å². The number of nitrogens with zero attached hydrogens (tertiary/aromatic N) is 2. The predicted octanol–water partition coefficient (Wildman–Crippen LogP) is 2.28. The molecule has 3 rings (SSSR count). The second-order valence-electron chi connectivity index (χ2n) is 6.14. The highest BCUT2D eigenvalue weighted by Crippen LogP contribution is 2.25. The summed E-state index contributed by atoms with van der Waals surface area (Å²) in [5.74, 6) is -0.331. The molecule has 0 bridgehead atoms. The Morgan fingerprint density at radius 2 is 2.00 bits per heavy atom. The number of rotatable bonds is 6. The van der Waals surface area contributed by atoms with Crippen molar-refractivity contribution in [3.05, 3.63) is 35.7 Å². The lowest BCUT2D eigenvalue weighted by atomic mass is 9.94. The second kappa shape index (κ2) is 8.26. The maximum absolute atomic E-state index is 12.4. The molecule has 7 nitrogen and oxygen atoms in total. The standard InChI is InChI=1S/C17H21N3O4S2/c1-24-20-9-7-13(8-10-20)11-15(21)19-26(22,23)16-12-25-17(18-16)14-5-3-2-4-6-14/h2-6,12-13H,7-11H2,1H3,(H,19,21). The van der Waals surface area contributed by atoms with E-state index in [0.717, 1.165) is 31.5 Å². The molecule has 2 aromatic rings. The number of nitrogens with one attached hydrogen (secondary N) is 1. The van der Waals surface area contributed by atoms with E-state index in [9.17, 15) is 13.2 Å². The number of hydrogen-bond acceptors (Lipinski definition) is 7. The fourth-order valence-electron chi connectivity index (χ4n) is 2.90. The van der Waals surface area contributed by atoms with Crippen LogP contribution in [0, 0.1) is 5.92 Å². The van der Waals surface area contributed by atoms with Crippen molar-refractivity contribution in [2.24, 2.45) is 5.92 Å². The molecule has 0 spiro atoms. The van der Waals surface area contributed by atoms with Gasteiger partial charge in [-0.1, -0.05) is 30.3 Å². The molecule has 1 aliphatic heterocycles. The lowest BCUT2D eigenvalue weighted by molar-refractivity contribution is -0.149. The molecule has 1 saturated heterocycles. The first-order chi connectivity index (χ1) is 12.5. The van der Waals surface area contributed by atoms with Crippen molar-refractivity contribution in [2.75, 3.05) is 20.2 Å². The van der Waals surface area contributed by atoms with Crippen molar-refractivity contribution in [1.82, 2.24) is 14.8 Å². The smallest absolute Gasteiger partial charge is 0.282 e. The highest BCUT2D eigenvalue weighted by atomic mass is 32.2. The first kappa shape index (κ1) is 19.0. The fourth-order valence-corrected chi connectivity index (χ4v) is 4.99. The molecular weight excluding hydrogens is 374 g/mol. The summed E-state index contributed by atoms with van der Waals surface area (Å²) in [6.45, 7) is 1.49. The van der Waals surface area contributed by atoms with E-state index in [0.29, 0.717) is 5.01 Å². The molecule has 2 heterocycles. The monoisotopic (exact) mass is 395 g/mol. The third-order valence-electron chi connectivity index (χ3n) is 4.33. The van der Waals surface area contributed by atoms with Gasteiger partial charge in [0, 0.05) is 30.5 Å². The number of amides is 1. The normalized spacial score (nSPS) is 16.5. The number of piperidine rings is 1. The Hall–Kier alpha value is -1.81. The zero-order valence-corrected chi connectivity index (χ0v) is 16.1. The van der Waals surface area contributed by atoms with Crippen LogP contribution in [-0.4, -0.2) is 44.6 Å². The second-order valence-corrected chi connectivity index (χ2v) is 8.63. The van der Waals surface area contributed by atoms with Crippen molar-refractivity contribution in [3.63, 3.8) is 0 Å². The molecule has 140 valence electrons. The number of hydrogen-bond donors (Lipinski definition) is 1. The molecule has 26 heavy (non-hydrogen) atoms. The van der Waals surface area contributed by atoms with E-state index in [2.05, 4.69) is 9.71 Å². The van der Waals surface area contributed by atoms with Gasteiger partial charge in [-0.15, -0.1) is 11.3 Å². The van der Waals surface area contributed by atoms with Gasteiger partial charge in [-0.25, -0.2) is 9.71 Å². The van der Waals surface area contributed by atoms with Crippen molar-refractivity contribution in [1.29, 1.82) is 0 Å². The van der Waals surface area contributed by atoms with E-state index in [1.54, 1.807) is 7.11 Å². The molecule has 0 atom stereocenters. The van der Waals surface area contributed by atoms with E-state index >= 15 is 0 Å². The molecular formula is C17H21N3O4S2. The van der Waals surface area contributed by atoms with E-state index in [4.69, 9.17) is 4.84 Å². The van der Waals surface area contributed by atoms with Gasteiger partial charge in [0.1, 0.15) is 5.01 Å². The van der Waals surface area contributed by atoms with Crippen LogP contribution in [0.25, 0.3) is 10.6 Å². The van der Waals surface area contributed by atoms with Crippen LogP contribution in [0.2, 0.25) is 0 Å². The van der Waals surface area contributed by atoms with Crippen LogP contribution < -0.4 is 4.72 Å². The molecule has 1 amide bonds. The van der Waals surface area contributed by atoms with Gasteiger partial charge >= 0.3 is 0 Å². The molecule has 9 heteroatoms. The first-order valence-electron chi connectivity index (χ1n) is 8.33. The SMILES string of the molecule is CON1CCC(CC(=O)NS(=O)(=O)c2csc(-c3ccccc3)n2)CC1. The zero-order chi connectivity index (χ0) is 18.6. The molecule has 1 aliphatic rings. The third-order valence-corrected chi connectivity index (χ3v) is 6.63. The maximum atomic E-state index is 12.4. The van der Waals surface area contributed by atoms with Crippen molar-refractivity contribution in [3.8, 4) is 10.6 Å². The topological polar surface area (TPSA) is 88.6 Å². The lowest BCUT2D eigenvalue weighted by Crippen LogP contribution is -2.36. The van der Waals surface area contributed by atoms with Crippen molar-refractivity contribution in [2.45, 2.75) is 24.3 Å². The van der Waals surface area contributed by atoms with Crippen molar-refractivity contribution < 1.29 is 18.0 Å². The Labute approximate surface area is 157 Å². The highest BCUT2D eigenvalue weighted by molar-refractivity contribution is 7.90. The number of benzene rings is 1. The predicted molar refractivity (Wildman–Crippen MR) is 98.8 cm³/mol. The van der Waals surface area contributed by atoms with Crippen LogP contribution in [0.5, 0.6) is 0 Å². The summed E-state index contributed by atoms with van der Waals surface area (Å²) in [4.78, 5) is 21.5. The Balaban J connectivity index is 1.60. The van der Waals surface area contributed by atoms with Crippen LogP contribution in [0.4, 0.5) is 0 Å². The van der Waals surface area contributed by atoms with E-state index in [1.165, 1.54) is 16.7 Å². The number of carbonyl (C=O) groups excluding carboxylic acids is 1. The molecule has 1 N–H and O–H groups in total. The number of thiazole rings is 1. The lowest BCUT2D eigenvalue weighted by Gasteiger charge is -2.29. The van der Waals surface area contributed by atoms with Gasteiger partial charge in [-0.2, -0.15) is 13.5 Å². The van der Waals surface area contributed by atoms with Crippen LogP contribution >= 0.6 is 11.3 Å². The number of sulfonamides is 1. The molecule has 0 aliphatic carbocycles. The average Bonchev–Trinajstić information content (AvgIpc) is 3.14. The van der Waals surface area contributed by atoms with Crippen LogP contribution in [0.15, 0.2) is 40.7 Å². The number of hydroxylamine groups is 2. The van der Waals surface area contributed by atoms with Crippen LogP contribution in [0.3, 0.4) is 0 Å². The van der Waals surface area contributed by atoms with E-state index < -0.39 is 15.9 Å². The summed E-state index contributed by atoms with van der Waals surface area (Å²) < 4.78 is 27.0. The molecule has 0 unspecified atom stereocenters. The molecule has 1 fully saturated rings. The largest absolute Gasteiger partial charge is 0.302 e. The van der Waals surface area contributed by atoms with Crippen molar-refractivity contribution >= 4 is 27.3 Å². The Bertz CT molecular complexity index is 844. The summed E-state index contributed by atoms with van der Waals surface area (Å²) in [5, 5.41) is 3.77. The number of carbonyl (C=O) groups is 1. The highest BCUT2D eigenvalue weighted by Gasteiger charge is 2.25. The maximum Gasteiger partial charge on any atom is 0.282 e. The average molecular weight is 396 g/mol. The zero-order valence-electron chi connectivity index (χ0n) is 14.4. The number of aromatic nitrogens is 1. The van der Waals surface area contributed by atoms with Gasteiger partial charge in [-0.05, 0) is 18.8 Å². The Morgan fingerprint density at radius 3 is 2.65 bits per heavy atom. The Kier molecular flexibility index (Phi) is 6.02. The molecule has 0 radical (unpaired) electrons. The Morgan fingerprint density at radius 1 is 1.31 bits per heavy atom. The van der Waals surface area contributed by atoms with Gasteiger partial charge in [0.05, 0.1) is 7.11 Å². The summed E-state index contributed by atoms with van der Waals surface area (Å²) in [5.41, 5.74) is 0.843. The third kappa shape index (κ3) is 4.67. The quantitative estimate of drug-likeness (QED) is 0.807. The van der Waals surface area contributed by atoms with Gasteiger partial charge in [0.25, 0.3) is 10.0 Å². The van der Waals surface area contributed by atoms with Crippen LogP contribution in [-0.2, 0) is 19.7 Å². The molecule has 1 aromatic heterocycles. The van der Waals surface area contributed by atoms with Gasteiger partial charge in [0.15, 0.2) is 5.03 Å². The summed E-state index contributed by atoms with van der Waals surface area (Å²) in [6, 6.07) is 9.33. The van der Waals surface area contributed by atoms with Crippen LogP contribution in [0.1, 0.15) is 19.3 Å². The van der Waals surface area contributed by atoms with Gasteiger partial charge in [-0.3, -0.25) is 4.79 Å². The minimum Gasteiger partial charge on any atom is -0.302 e. The summed E-state index contributed by atoms with van der Waals surface area (Å²) in [7, 11) is -2.33. The van der Waals surface area contributed by atoms with Gasteiger partial charge in [0.2, 0.25) is 5.91 Å². The van der Waals surface area contributed by atoms with E-state index in [-0.39, 0.29) is 17.4 Å². The molecule has 0 saturated carbocycles.